The molecule has 2 aromatic rings. The summed E-state index contributed by atoms with van der Waals surface area (Å²) < 4.78 is 27.6. The summed E-state index contributed by atoms with van der Waals surface area (Å²) in [7, 11) is -3.42. The van der Waals surface area contributed by atoms with Crippen molar-refractivity contribution in [2.45, 2.75) is 31.2 Å². The van der Waals surface area contributed by atoms with Gasteiger partial charge in [0, 0.05) is 19.3 Å². The van der Waals surface area contributed by atoms with Crippen molar-refractivity contribution in [3.8, 4) is 0 Å². The molecule has 5 nitrogen and oxygen atoms in total. The van der Waals surface area contributed by atoms with E-state index in [1.807, 2.05) is 37.4 Å². The molecule has 0 saturated carbocycles. The highest BCUT2D eigenvalue weighted by Gasteiger charge is 2.22. The smallest absolute Gasteiger partial charge is 0.240 e. The lowest BCUT2D eigenvalue weighted by Crippen LogP contribution is -2.38. The second kappa shape index (κ2) is 8.08. The average molecular weight is 359 g/mol. The summed E-state index contributed by atoms with van der Waals surface area (Å²) >= 11 is 0. The summed E-state index contributed by atoms with van der Waals surface area (Å²) in [4.78, 5) is 7.10. The van der Waals surface area contributed by atoms with Gasteiger partial charge in [-0.25, -0.2) is 13.1 Å². The fourth-order valence-corrected chi connectivity index (χ4v) is 4.38. The summed E-state index contributed by atoms with van der Waals surface area (Å²) in [6.45, 7) is 5.23. The second-order valence-corrected chi connectivity index (χ2v) is 8.48. The molecule has 0 aliphatic carbocycles. The van der Waals surface area contributed by atoms with E-state index in [0.29, 0.717) is 17.4 Å². The van der Waals surface area contributed by atoms with Crippen LogP contribution in [-0.4, -0.2) is 37.9 Å². The highest BCUT2D eigenvalue weighted by molar-refractivity contribution is 7.89. The summed E-state index contributed by atoms with van der Waals surface area (Å²) in [5, 5.41) is 0. The first-order valence-corrected chi connectivity index (χ1v) is 10.2. The van der Waals surface area contributed by atoms with Crippen LogP contribution in [0.5, 0.6) is 0 Å². The Morgan fingerprint density at radius 3 is 2.64 bits per heavy atom. The van der Waals surface area contributed by atoms with Crippen molar-refractivity contribution in [3.63, 3.8) is 0 Å². The van der Waals surface area contributed by atoms with Crippen LogP contribution in [0.15, 0.2) is 53.6 Å². The van der Waals surface area contributed by atoms with E-state index in [9.17, 15) is 8.42 Å². The first kappa shape index (κ1) is 18.0. The molecule has 1 aromatic carbocycles. The van der Waals surface area contributed by atoms with Crippen LogP contribution < -0.4 is 4.72 Å². The van der Waals surface area contributed by atoms with Crippen molar-refractivity contribution in [3.05, 3.63) is 59.9 Å². The Bertz CT molecular complexity index is 785. The third-order valence-corrected chi connectivity index (χ3v) is 6.10. The number of sulfonamides is 1. The van der Waals surface area contributed by atoms with Crippen molar-refractivity contribution in [2.75, 3.05) is 19.6 Å². The lowest BCUT2D eigenvalue weighted by molar-refractivity contribution is 0.177. The average Bonchev–Trinajstić information content (AvgIpc) is 2.62. The van der Waals surface area contributed by atoms with Gasteiger partial charge in [-0.05, 0) is 68.6 Å². The zero-order valence-electron chi connectivity index (χ0n) is 14.6. The Kier molecular flexibility index (Phi) is 5.83. The topological polar surface area (TPSA) is 62.3 Å². The Balaban J connectivity index is 1.48. The van der Waals surface area contributed by atoms with Gasteiger partial charge in [0.05, 0.1) is 10.6 Å². The zero-order valence-corrected chi connectivity index (χ0v) is 15.4. The Morgan fingerprint density at radius 1 is 1.16 bits per heavy atom. The fourth-order valence-electron chi connectivity index (χ4n) is 3.16. The molecular weight excluding hydrogens is 334 g/mol. The Labute approximate surface area is 150 Å². The molecule has 134 valence electrons. The van der Waals surface area contributed by atoms with E-state index < -0.39 is 10.0 Å². The third-order valence-electron chi connectivity index (χ3n) is 4.68. The van der Waals surface area contributed by atoms with Crippen molar-refractivity contribution in [1.82, 2.24) is 14.6 Å². The van der Waals surface area contributed by atoms with E-state index in [4.69, 9.17) is 0 Å². The number of aryl methyl sites for hydroxylation is 1. The maximum atomic E-state index is 12.4. The van der Waals surface area contributed by atoms with Gasteiger partial charge in [-0.3, -0.25) is 9.88 Å². The summed E-state index contributed by atoms with van der Waals surface area (Å²) in [5.74, 6) is 0.388. The SMILES string of the molecule is Cc1cccc(S(=O)(=O)NCC2CCN(Cc3ccccn3)CC2)c1. The van der Waals surface area contributed by atoms with Crippen LogP contribution in [0.25, 0.3) is 0 Å². The highest BCUT2D eigenvalue weighted by atomic mass is 32.2. The predicted octanol–water partition coefficient (Wildman–Crippen LogP) is 2.58. The highest BCUT2D eigenvalue weighted by Crippen LogP contribution is 2.19. The van der Waals surface area contributed by atoms with Crippen LogP contribution >= 0.6 is 0 Å². The molecule has 2 heterocycles. The maximum absolute atomic E-state index is 12.4. The Hall–Kier alpha value is -1.76. The molecule has 1 aromatic heterocycles. The standard InChI is InChI=1S/C19H25N3O2S/c1-16-5-4-7-19(13-16)25(23,24)21-14-17-8-11-22(12-9-17)15-18-6-2-3-10-20-18/h2-7,10,13,17,21H,8-9,11-12,14-15H2,1H3. The molecule has 1 aliphatic heterocycles. The molecule has 0 radical (unpaired) electrons. The number of nitrogens with one attached hydrogen (secondary N) is 1. The molecule has 6 heteroatoms. The van der Waals surface area contributed by atoms with Crippen molar-refractivity contribution < 1.29 is 8.42 Å². The zero-order chi connectivity index (χ0) is 17.7. The number of nitrogens with zero attached hydrogens (tertiary/aromatic N) is 2. The van der Waals surface area contributed by atoms with Crippen LogP contribution in [0.2, 0.25) is 0 Å². The monoisotopic (exact) mass is 359 g/mol. The van der Waals surface area contributed by atoms with Gasteiger partial charge in [0.2, 0.25) is 10.0 Å². The Morgan fingerprint density at radius 2 is 1.96 bits per heavy atom. The second-order valence-electron chi connectivity index (χ2n) is 6.71. The number of hydrogen-bond donors (Lipinski definition) is 1. The number of piperidine rings is 1. The number of pyridine rings is 1. The molecule has 1 saturated heterocycles. The van der Waals surface area contributed by atoms with Crippen LogP contribution in [0.1, 0.15) is 24.1 Å². The minimum atomic E-state index is -3.42. The number of likely N-dealkylation sites (tertiary alicyclic amines) is 1. The number of aromatic nitrogens is 1. The molecular formula is C19H25N3O2S. The van der Waals surface area contributed by atoms with Gasteiger partial charge in [-0.15, -0.1) is 0 Å². The number of hydrogen-bond acceptors (Lipinski definition) is 4. The van der Waals surface area contributed by atoms with Gasteiger partial charge < -0.3 is 0 Å². The molecule has 25 heavy (non-hydrogen) atoms. The quantitative estimate of drug-likeness (QED) is 0.861. The van der Waals surface area contributed by atoms with Crippen molar-refractivity contribution in [1.29, 1.82) is 0 Å². The van der Waals surface area contributed by atoms with Crippen LogP contribution in [0.3, 0.4) is 0 Å². The molecule has 1 aliphatic rings. The molecule has 3 rings (SSSR count). The molecule has 1 N–H and O–H groups in total. The van der Waals surface area contributed by atoms with E-state index >= 15 is 0 Å². The molecule has 0 unspecified atom stereocenters. The number of benzene rings is 1. The molecule has 0 amide bonds. The largest absolute Gasteiger partial charge is 0.297 e. The van der Waals surface area contributed by atoms with Gasteiger partial charge >= 0.3 is 0 Å². The minimum absolute atomic E-state index is 0.347. The molecule has 0 atom stereocenters. The van der Waals surface area contributed by atoms with Crippen LogP contribution in [0, 0.1) is 12.8 Å². The summed E-state index contributed by atoms with van der Waals surface area (Å²) in [6.07, 6.45) is 3.83. The van der Waals surface area contributed by atoms with E-state index in [2.05, 4.69) is 14.6 Å². The molecule has 1 fully saturated rings. The first-order chi connectivity index (χ1) is 12.0. The minimum Gasteiger partial charge on any atom is -0.297 e. The summed E-state index contributed by atoms with van der Waals surface area (Å²) in [6, 6.07) is 13.0. The van der Waals surface area contributed by atoms with Crippen LogP contribution in [-0.2, 0) is 16.6 Å². The molecule has 0 spiro atoms. The van der Waals surface area contributed by atoms with E-state index in [1.54, 1.807) is 18.2 Å². The van der Waals surface area contributed by atoms with Crippen molar-refractivity contribution in [2.24, 2.45) is 5.92 Å². The van der Waals surface area contributed by atoms with Gasteiger partial charge in [0.15, 0.2) is 0 Å². The van der Waals surface area contributed by atoms with Crippen molar-refractivity contribution >= 4 is 10.0 Å². The van der Waals surface area contributed by atoms with E-state index in [1.165, 1.54) is 0 Å². The van der Waals surface area contributed by atoms with Gasteiger partial charge in [-0.1, -0.05) is 18.2 Å². The van der Waals surface area contributed by atoms with E-state index in [-0.39, 0.29) is 0 Å². The number of rotatable bonds is 6. The maximum Gasteiger partial charge on any atom is 0.240 e. The van der Waals surface area contributed by atoms with Gasteiger partial charge in [0.25, 0.3) is 0 Å². The fraction of sp³-hybridized carbons (Fsp3) is 0.421. The normalized spacial score (nSPS) is 16.8. The third kappa shape index (κ3) is 5.11. The lowest BCUT2D eigenvalue weighted by Gasteiger charge is -2.31. The van der Waals surface area contributed by atoms with Gasteiger partial charge in [0.1, 0.15) is 0 Å². The first-order valence-electron chi connectivity index (χ1n) is 8.71. The van der Waals surface area contributed by atoms with Gasteiger partial charge in [-0.2, -0.15) is 0 Å². The van der Waals surface area contributed by atoms with Crippen LogP contribution in [0.4, 0.5) is 0 Å². The lowest BCUT2D eigenvalue weighted by atomic mass is 9.97. The summed E-state index contributed by atoms with van der Waals surface area (Å²) in [5.41, 5.74) is 2.03. The molecule has 0 bridgehead atoms. The predicted molar refractivity (Wildman–Crippen MR) is 98.6 cm³/mol. The van der Waals surface area contributed by atoms with E-state index in [0.717, 1.165) is 43.7 Å².